The van der Waals surface area contributed by atoms with Crippen LogP contribution in [0, 0.1) is 0 Å². The molecule has 0 rings (SSSR count). The molecule has 0 amide bonds. The third kappa shape index (κ3) is 29.0. The maximum atomic E-state index is 0. The quantitative estimate of drug-likeness (QED) is 0.472. The Labute approximate surface area is 98.1 Å². The van der Waals surface area contributed by atoms with Crippen LogP contribution in [0.2, 0.25) is 0 Å². The SMILES string of the molecule is [In+3].[O-2].[O-2].[Sn+4].[Zn+2].[Zn+2]. The zero-order chi connectivity index (χ0) is 0. The molecular weight excluding hydrogens is 396 g/mol. The minimum atomic E-state index is 0. The van der Waals surface area contributed by atoms with Gasteiger partial charge in [0.2, 0.25) is 0 Å². The van der Waals surface area contributed by atoms with Gasteiger partial charge in [-0.3, -0.25) is 0 Å². The Hall–Kier alpha value is 2.84. The third-order valence-electron chi connectivity index (χ3n) is 0. The molecule has 0 aliphatic rings. The fourth-order valence-corrected chi connectivity index (χ4v) is 0. The summed E-state index contributed by atoms with van der Waals surface area (Å²) < 4.78 is 0. The summed E-state index contributed by atoms with van der Waals surface area (Å²) in [5.41, 5.74) is 0. The molecular formula is InO2SnZn2+7. The van der Waals surface area contributed by atoms with E-state index in [1.165, 1.54) is 0 Å². The van der Waals surface area contributed by atoms with Gasteiger partial charge in [0, 0.05) is 0 Å². The van der Waals surface area contributed by atoms with Gasteiger partial charge in [-0.2, -0.15) is 0 Å². The van der Waals surface area contributed by atoms with Gasteiger partial charge in [-0.25, -0.2) is 0 Å². The molecule has 6 heteroatoms. The van der Waals surface area contributed by atoms with Crippen LogP contribution in [0.5, 0.6) is 0 Å². The molecule has 0 aliphatic carbocycles. The van der Waals surface area contributed by atoms with Crippen LogP contribution in [0.3, 0.4) is 0 Å². The molecule has 0 aromatic carbocycles. The van der Waals surface area contributed by atoms with Crippen molar-refractivity contribution < 1.29 is 49.9 Å². The summed E-state index contributed by atoms with van der Waals surface area (Å²) in [4.78, 5) is 0. The molecule has 2 nitrogen and oxygen atoms in total. The van der Waals surface area contributed by atoms with Gasteiger partial charge < -0.3 is 11.0 Å². The summed E-state index contributed by atoms with van der Waals surface area (Å²) in [5.74, 6) is 0. The van der Waals surface area contributed by atoms with Crippen LogP contribution in [0.15, 0.2) is 0 Å². The minimum absolute atomic E-state index is 0. The topological polar surface area (TPSA) is 57.0 Å². The largest absolute Gasteiger partial charge is 4.00 e. The molecule has 0 radical (unpaired) electrons. The summed E-state index contributed by atoms with van der Waals surface area (Å²) in [6.07, 6.45) is 0. The van der Waals surface area contributed by atoms with Crippen molar-refractivity contribution in [2.24, 2.45) is 0 Å². The minimum Gasteiger partial charge on any atom is -2.00 e. The van der Waals surface area contributed by atoms with Gasteiger partial charge >= 0.3 is 88.7 Å². The maximum absolute atomic E-state index is 0. The van der Waals surface area contributed by atoms with E-state index < -0.39 is 0 Å². The maximum Gasteiger partial charge on any atom is 4.00 e. The van der Waals surface area contributed by atoms with E-state index in [-0.39, 0.29) is 99.7 Å². The first-order valence-electron chi connectivity index (χ1n) is 0. The average molecular weight is 396 g/mol. The molecule has 0 aromatic heterocycles. The van der Waals surface area contributed by atoms with E-state index in [1.807, 2.05) is 0 Å². The number of hydrogen-bond donors (Lipinski definition) is 0. The number of rotatable bonds is 0. The van der Waals surface area contributed by atoms with E-state index in [0.717, 1.165) is 0 Å². The van der Waals surface area contributed by atoms with Crippen molar-refractivity contribution in [1.82, 2.24) is 0 Å². The molecule has 0 aliphatic heterocycles. The first-order valence-corrected chi connectivity index (χ1v) is 0. The van der Waals surface area contributed by atoms with Crippen molar-refractivity contribution in [2.75, 3.05) is 0 Å². The summed E-state index contributed by atoms with van der Waals surface area (Å²) in [7, 11) is 0. The van der Waals surface area contributed by atoms with Gasteiger partial charge in [0.05, 0.1) is 0 Å². The molecule has 0 saturated heterocycles. The molecule has 0 N–H and O–H groups in total. The van der Waals surface area contributed by atoms with E-state index in [2.05, 4.69) is 0 Å². The summed E-state index contributed by atoms with van der Waals surface area (Å²) >= 11 is 0. The second kappa shape index (κ2) is 45.5. The van der Waals surface area contributed by atoms with E-state index >= 15 is 0 Å². The van der Waals surface area contributed by atoms with Gasteiger partial charge in [0.25, 0.3) is 0 Å². The van der Waals surface area contributed by atoms with E-state index in [0.29, 0.717) is 0 Å². The van der Waals surface area contributed by atoms with Gasteiger partial charge in [-0.1, -0.05) is 0 Å². The van der Waals surface area contributed by atoms with Crippen LogP contribution in [0.4, 0.5) is 0 Å². The van der Waals surface area contributed by atoms with Crippen molar-refractivity contribution in [3.05, 3.63) is 0 Å². The van der Waals surface area contributed by atoms with Crippen molar-refractivity contribution in [1.29, 1.82) is 0 Å². The van der Waals surface area contributed by atoms with Crippen LogP contribution in [-0.4, -0.2) is 49.8 Å². The summed E-state index contributed by atoms with van der Waals surface area (Å²) in [5, 5.41) is 0. The normalized spacial score (nSPS) is 0. The predicted molar refractivity (Wildman–Crippen MR) is 12.9 cm³/mol. The molecule has 0 aromatic rings. The van der Waals surface area contributed by atoms with Crippen LogP contribution in [0.25, 0.3) is 0 Å². The average Bonchev–Trinajstić information content (AvgIpc) is 0. The Bertz CT molecular complexity index is 11.5. The number of hydrogen-bond acceptors (Lipinski definition) is 0. The molecule has 6 heavy (non-hydrogen) atoms. The Morgan fingerprint density at radius 2 is 0.667 bits per heavy atom. The monoisotopic (exact) mass is 395 g/mol. The predicted octanol–water partition coefficient (Wildman–Crippen LogP) is -1.00. The zero-order valence-corrected chi connectivity index (χ0v) is 15.4. The zero-order valence-electron chi connectivity index (χ0n) is 3.31. The third-order valence-corrected chi connectivity index (χ3v) is 0. The fourth-order valence-electron chi connectivity index (χ4n) is 0. The molecule has 0 fully saturated rings. The summed E-state index contributed by atoms with van der Waals surface area (Å²) in [6, 6.07) is 0. The van der Waals surface area contributed by atoms with Crippen molar-refractivity contribution in [3.8, 4) is 0 Å². The Kier molecular flexibility index (Phi) is 512. The standard InChI is InChI=1S/In.2O.Sn.2Zn/q+3;2*-2;+4;2*+2. The van der Waals surface area contributed by atoms with Gasteiger partial charge in [-0.15, -0.1) is 0 Å². The van der Waals surface area contributed by atoms with Crippen LogP contribution in [0.1, 0.15) is 0 Å². The molecule has 0 unspecified atom stereocenters. The molecule has 16 valence electrons. The molecule has 0 spiro atoms. The van der Waals surface area contributed by atoms with Gasteiger partial charge in [0.15, 0.2) is 0 Å². The first kappa shape index (κ1) is 67.5. The Morgan fingerprint density at radius 1 is 0.667 bits per heavy atom. The molecule has 0 saturated carbocycles. The van der Waals surface area contributed by atoms with E-state index in [1.54, 1.807) is 0 Å². The second-order valence-corrected chi connectivity index (χ2v) is 0. The first-order chi connectivity index (χ1) is 0. The van der Waals surface area contributed by atoms with Crippen LogP contribution >= 0.6 is 0 Å². The van der Waals surface area contributed by atoms with Crippen LogP contribution in [-0.2, 0) is 49.9 Å². The second-order valence-electron chi connectivity index (χ2n) is 0. The van der Waals surface area contributed by atoms with Crippen molar-refractivity contribution in [3.63, 3.8) is 0 Å². The van der Waals surface area contributed by atoms with Gasteiger partial charge in [0.1, 0.15) is 0 Å². The van der Waals surface area contributed by atoms with Crippen molar-refractivity contribution >= 4 is 49.8 Å². The van der Waals surface area contributed by atoms with E-state index in [9.17, 15) is 0 Å². The molecule has 0 heterocycles. The summed E-state index contributed by atoms with van der Waals surface area (Å²) in [6.45, 7) is 0. The van der Waals surface area contributed by atoms with Crippen molar-refractivity contribution in [2.45, 2.75) is 0 Å². The molecule has 0 bridgehead atoms. The Morgan fingerprint density at radius 3 is 0.667 bits per heavy atom. The molecule has 0 atom stereocenters. The van der Waals surface area contributed by atoms with Crippen LogP contribution < -0.4 is 0 Å². The van der Waals surface area contributed by atoms with Gasteiger partial charge in [-0.05, 0) is 0 Å². The Balaban J connectivity index is 0. The smallest absolute Gasteiger partial charge is 2.00 e. The van der Waals surface area contributed by atoms with E-state index in [4.69, 9.17) is 0 Å². The fraction of sp³-hybridized carbons (Fsp3) is 0.